The van der Waals surface area contributed by atoms with E-state index >= 15 is 0 Å². The van der Waals surface area contributed by atoms with Crippen molar-refractivity contribution in [3.05, 3.63) is 54.1 Å². The molecule has 0 aliphatic heterocycles. The average Bonchev–Trinajstić information content (AvgIpc) is 2.56. The van der Waals surface area contributed by atoms with E-state index < -0.39 is 34.2 Å². The van der Waals surface area contributed by atoms with E-state index in [-0.39, 0.29) is 10.6 Å². The molecule has 0 radical (unpaired) electrons. The summed E-state index contributed by atoms with van der Waals surface area (Å²) in [6, 6.07) is 8.53. The van der Waals surface area contributed by atoms with Gasteiger partial charge in [-0.2, -0.15) is 0 Å². The zero-order valence-electron chi connectivity index (χ0n) is 13.5. The minimum absolute atomic E-state index is 0.0153. The first-order chi connectivity index (χ1) is 11.7. The maximum Gasteiger partial charge on any atom is 0.262 e. The molecule has 0 fully saturated rings. The lowest BCUT2D eigenvalue weighted by molar-refractivity contribution is -0.118. The SMILES string of the molecule is CN(C)S(=O)(=O)c1ccc(NC(=O)COc2ccc(F)c(F)c2)cc1. The highest BCUT2D eigenvalue weighted by Crippen LogP contribution is 2.17. The van der Waals surface area contributed by atoms with E-state index in [1.807, 2.05) is 0 Å². The van der Waals surface area contributed by atoms with Gasteiger partial charge in [0, 0.05) is 25.8 Å². The summed E-state index contributed by atoms with van der Waals surface area (Å²) in [6.07, 6.45) is 0. The number of benzene rings is 2. The summed E-state index contributed by atoms with van der Waals surface area (Å²) in [5.41, 5.74) is 0.372. The van der Waals surface area contributed by atoms with Gasteiger partial charge >= 0.3 is 0 Å². The fourth-order valence-electron chi connectivity index (χ4n) is 1.83. The summed E-state index contributed by atoms with van der Waals surface area (Å²) in [6.45, 7) is -0.414. The molecule has 25 heavy (non-hydrogen) atoms. The zero-order chi connectivity index (χ0) is 18.6. The van der Waals surface area contributed by atoms with Gasteiger partial charge in [0.25, 0.3) is 5.91 Å². The number of nitrogens with one attached hydrogen (secondary N) is 1. The lowest BCUT2D eigenvalue weighted by Crippen LogP contribution is -2.22. The van der Waals surface area contributed by atoms with Crippen LogP contribution in [0.5, 0.6) is 5.75 Å². The van der Waals surface area contributed by atoms with Gasteiger partial charge in [-0.15, -0.1) is 0 Å². The van der Waals surface area contributed by atoms with Gasteiger partial charge in [0.1, 0.15) is 5.75 Å². The highest BCUT2D eigenvalue weighted by atomic mass is 32.2. The highest BCUT2D eigenvalue weighted by Gasteiger charge is 2.16. The Bertz CT molecular complexity index is 868. The molecule has 2 aromatic rings. The van der Waals surface area contributed by atoms with Crippen LogP contribution in [0.25, 0.3) is 0 Å². The summed E-state index contributed by atoms with van der Waals surface area (Å²) in [5, 5.41) is 2.51. The molecule has 0 saturated carbocycles. The van der Waals surface area contributed by atoms with Gasteiger partial charge in [0.2, 0.25) is 10.0 Å². The monoisotopic (exact) mass is 370 g/mol. The van der Waals surface area contributed by atoms with Gasteiger partial charge in [0.15, 0.2) is 18.2 Å². The van der Waals surface area contributed by atoms with Crippen molar-refractivity contribution in [1.82, 2.24) is 4.31 Å². The predicted molar refractivity (Wildman–Crippen MR) is 87.8 cm³/mol. The number of carbonyl (C=O) groups excluding carboxylic acids is 1. The Labute approximate surface area is 144 Å². The van der Waals surface area contributed by atoms with Crippen LogP contribution < -0.4 is 10.1 Å². The number of nitrogens with zero attached hydrogens (tertiary/aromatic N) is 1. The molecule has 0 saturated heterocycles. The smallest absolute Gasteiger partial charge is 0.262 e. The Hall–Kier alpha value is -2.52. The minimum Gasteiger partial charge on any atom is -0.484 e. The molecule has 1 amide bonds. The third-order valence-corrected chi connectivity index (χ3v) is 5.01. The fraction of sp³-hybridized carbons (Fsp3) is 0.188. The molecule has 0 aromatic heterocycles. The van der Waals surface area contributed by atoms with E-state index in [0.717, 1.165) is 16.4 Å². The summed E-state index contributed by atoms with van der Waals surface area (Å²) >= 11 is 0. The molecule has 2 rings (SSSR count). The summed E-state index contributed by atoms with van der Waals surface area (Å²) in [7, 11) is -0.712. The molecule has 0 heterocycles. The molecule has 9 heteroatoms. The number of anilines is 1. The molecule has 0 unspecified atom stereocenters. The van der Waals surface area contributed by atoms with Gasteiger partial charge in [-0.3, -0.25) is 4.79 Å². The summed E-state index contributed by atoms with van der Waals surface area (Å²) < 4.78 is 55.8. The van der Waals surface area contributed by atoms with Crippen molar-refractivity contribution in [3.8, 4) is 5.75 Å². The van der Waals surface area contributed by atoms with Crippen molar-refractivity contribution < 1.29 is 26.7 Å². The Morgan fingerprint density at radius 3 is 2.28 bits per heavy atom. The third kappa shape index (κ3) is 4.74. The van der Waals surface area contributed by atoms with Gasteiger partial charge in [0.05, 0.1) is 4.90 Å². The maximum absolute atomic E-state index is 13.0. The fourth-order valence-corrected chi connectivity index (χ4v) is 2.74. The van der Waals surface area contributed by atoms with Gasteiger partial charge in [-0.25, -0.2) is 21.5 Å². The number of ether oxygens (including phenoxy) is 1. The largest absolute Gasteiger partial charge is 0.484 e. The third-order valence-electron chi connectivity index (χ3n) is 3.18. The average molecular weight is 370 g/mol. The van der Waals surface area contributed by atoms with Crippen molar-refractivity contribution in [2.24, 2.45) is 0 Å². The van der Waals surface area contributed by atoms with Crippen molar-refractivity contribution in [2.45, 2.75) is 4.90 Å². The molecule has 0 spiro atoms. The highest BCUT2D eigenvalue weighted by molar-refractivity contribution is 7.89. The number of rotatable bonds is 6. The van der Waals surface area contributed by atoms with E-state index in [2.05, 4.69) is 5.32 Å². The lowest BCUT2D eigenvalue weighted by atomic mass is 10.3. The number of sulfonamides is 1. The molecule has 0 aliphatic carbocycles. The second-order valence-corrected chi connectivity index (χ2v) is 7.38. The number of hydrogen-bond donors (Lipinski definition) is 1. The topological polar surface area (TPSA) is 75.7 Å². The molecule has 0 atom stereocenters. The molecule has 0 aliphatic rings. The van der Waals surface area contributed by atoms with E-state index in [4.69, 9.17) is 4.74 Å². The molecular weight excluding hydrogens is 354 g/mol. The van der Waals surface area contributed by atoms with Crippen LogP contribution in [-0.4, -0.2) is 39.3 Å². The van der Waals surface area contributed by atoms with Crippen LogP contribution in [0, 0.1) is 11.6 Å². The second kappa shape index (κ2) is 7.58. The van der Waals surface area contributed by atoms with E-state index in [1.54, 1.807) is 0 Å². The predicted octanol–water partition coefficient (Wildman–Crippen LogP) is 2.23. The van der Waals surface area contributed by atoms with E-state index in [0.29, 0.717) is 5.69 Å². The van der Waals surface area contributed by atoms with Gasteiger partial charge in [-0.1, -0.05) is 0 Å². The molecule has 0 bridgehead atoms. The standard InChI is InChI=1S/C16H16F2N2O4S/c1-20(2)25(22,23)13-6-3-11(4-7-13)19-16(21)10-24-12-5-8-14(17)15(18)9-12/h3-9H,10H2,1-2H3,(H,19,21). The van der Waals surface area contributed by atoms with Crippen LogP contribution in [0.15, 0.2) is 47.4 Å². The van der Waals surface area contributed by atoms with Crippen LogP contribution in [0.3, 0.4) is 0 Å². The van der Waals surface area contributed by atoms with Crippen molar-refractivity contribution in [3.63, 3.8) is 0 Å². The minimum atomic E-state index is -3.55. The number of hydrogen-bond acceptors (Lipinski definition) is 4. The van der Waals surface area contributed by atoms with Gasteiger partial charge in [-0.05, 0) is 36.4 Å². The van der Waals surface area contributed by atoms with Crippen LogP contribution in [0.4, 0.5) is 14.5 Å². The molecule has 134 valence electrons. The van der Waals surface area contributed by atoms with Crippen molar-refractivity contribution >= 4 is 21.6 Å². The van der Waals surface area contributed by atoms with Crippen LogP contribution >= 0.6 is 0 Å². The first-order valence-electron chi connectivity index (χ1n) is 7.10. The van der Waals surface area contributed by atoms with E-state index in [9.17, 15) is 22.0 Å². The molecule has 6 nitrogen and oxygen atoms in total. The quantitative estimate of drug-likeness (QED) is 0.846. The van der Waals surface area contributed by atoms with Crippen LogP contribution in [0.1, 0.15) is 0 Å². The zero-order valence-corrected chi connectivity index (χ0v) is 14.3. The number of amides is 1. The summed E-state index contributed by atoms with van der Waals surface area (Å²) in [5.74, 6) is -2.60. The first kappa shape index (κ1) is 18.8. The van der Waals surface area contributed by atoms with E-state index in [1.165, 1.54) is 44.4 Å². The normalized spacial score (nSPS) is 11.4. The number of carbonyl (C=O) groups is 1. The number of halogens is 2. The molecule has 2 aromatic carbocycles. The Morgan fingerprint density at radius 2 is 1.72 bits per heavy atom. The first-order valence-corrected chi connectivity index (χ1v) is 8.54. The Balaban J connectivity index is 1.95. The Kier molecular flexibility index (Phi) is 5.70. The van der Waals surface area contributed by atoms with Crippen LogP contribution in [0.2, 0.25) is 0 Å². The molecule has 1 N–H and O–H groups in total. The van der Waals surface area contributed by atoms with Crippen molar-refractivity contribution in [2.75, 3.05) is 26.0 Å². The lowest BCUT2D eigenvalue weighted by Gasteiger charge is -2.12. The van der Waals surface area contributed by atoms with Crippen molar-refractivity contribution in [1.29, 1.82) is 0 Å². The van der Waals surface area contributed by atoms with Gasteiger partial charge < -0.3 is 10.1 Å². The Morgan fingerprint density at radius 1 is 1.08 bits per heavy atom. The maximum atomic E-state index is 13.0. The second-order valence-electron chi connectivity index (χ2n) is 5.22. The molecular formula is C16H16F2N2O4S. The summed E-state index contributed by atoms with van der Waals surface area (Å²) in [4.78, 5) is 11.9. The van der Waals surface area contributed by atoms with Crippen LogP contribution in [-0.2, 0) is 14.8 Å².